The van der Waals surface area contributed by atoms with Crippen molar-refractivity contribution in [2.24, 2.45) is 5.10 Å². The van der Waals surface area contributed by atoms with E-state index in [0.717, 1.165) is 4.90 Å². The lowest BCUT2D eigenvalue weighted by atomic mass is 10.2. The first-order chi connectivity index (χ1) is 15.5. The molecular weight excluding hydrogens is 475 g/mol. The molecule has 0 fully saturated rings. The Labute approximate surface area is 195 Å². The van der Waals surface area contributed by atoms with Crippen molar-refractivity contribution in [3.8, 4) is 5.82 Å². The highest BCUT2D eigenvalue weighted by Gasteiger charge is 2.24. The van der Waals surface area contributed by atoms with Crippen molar-refractivity contribution in [2.75, 3.05) is 5.73 Å². The van der Waals surface area contributed by atoms with Crippen LogP contribution in [0.2, 0.25) is 10.0 Å². The van der Waals surface area contributed by atoms with E-state index in [1.807, 2.05) is 18.2 Å². The number of benzene rings is 2. The van der Waals surface area contributed by atoms with E-state index < -0.39 is 5.91 Å². The Morgan fingerprint density at radius 3 is 2.69 bits per heavy atom. The van der Waals surface area contributed by atoms with Crippen LogP contribution >= 0.6 is 35.0 Å². The molecule has 2 aromatic carbocycles. The molecule has 0 aliphatic carbocycles. The third kappa shape index (κ3) is 4.90. The fourth-order valence-corrected chi connectivity index (χ4v) is 3.79. The van der Waals surface area contributed by atoms with Gasteiger partial charge in [0.05, 0.1) is 11.9 Å². The van der Waals surface area contributed by atoms with Crippen LogP contribution < -0.4 is 11.2 Å². The molecule has 10 nitrogen and oxygen atoms in total. The number of nitrogens with two attached hydrogens (primary N) is 1. The molecule has 162 valence electrons. The summed E-state index contributed by atoms with van der Waals surface area (Å²) in [6.45, 7) is 0. The van der Waals surface area contributed by atoms with Crippen LogP contribution in [0.3, 0.4) is 0 Å². The average molecular weight is 489 g/mol. The molecule has 0 spiro atoms. The third-order valence-electron chi connectivity index (χ3n) is 4.14. The zero-order valence-corrected chi connectivity index (χ0v) is 18.5. The largest absolute Gasteiger partial charge is 0.378 e. The number of carbonyl (C=O) groups is 1. The van der Waals surface area contributed by atoms with Gasteiger partial charge in [0.15, 0.2) is 5.69 Å². The van der Waals surface area contributed by atoms with Crippen LogP contribution in [0, 0.1) is 0 Å². The first kappa shape index (κ1) is 21.8. The zero-order chi connectivity index (χ0) is 22.5. The van der Waals surface area contributed by atoms with Gasteiger partial charge in [0.25, 0.3) is 5.91 Å². The van der Waals surface area contributed by atoms with E-state index >= 15 is 0 Å². The average Bonchev–Trinajstić information content (AvgIpc) is 3.40. The molecule has 0 unspecified atom stereocenters. The van der Waals surface area contributed by atoms with E-state index in [9.17, 15) is 4.79 Å². The number of carbonyl (C=O) groups excluding carboxylic acids is 1. The molecule has 4 aromatic rings. The van der Waals surface area contributed by atoms with Crippen molar-refractivity contribution in [2.45, 2.75) is 10.6 Å². The topological polar surface area (TPSA) is 137 Å². The Bertz CT molecular complexity index is 1270. The van der Waals surface area contributed by atoms with Gasteiger partial charge >= 0.3 is 0 Å². The molecule has 0 atom stereocenters. The number of hydrogen-bond donors (Lipinski definition) is 2. The Morgan fingerprint density at radius 2 is 1.97 bits per heavy atom. The molecule has 0 saturated carbocycles. The van der Waals surface area contributed by atoms with Gasteiger partial charge in [-0.1, -0.05) is 46.6 Å². The number of nitrogens with one attached hydrogen (secondary N) is 1. The highest BCUT2D eigenvalue weighted by Crippen LogP contribution is 2.27. The van der Waals surface area contributed by atoms with Crippen LogP contribution in [0.5, 0.6) is 0 Å². The Kier molecular flexibility index (Phi) is 6.69. The summed E-state index contributed by atoms with van der Waals surface area (Å²) in [7, 11) is 0. The monoisotopic (exact) mass is 488 g/mol. The van der Waals surface area contributed by atoms with Gasteiger partial charge in [0.2, 0.25) is 11.6 Å². The fraction of sp³-hybridized carbons (Fsp3) is 0.0526. The van der Waals surface area contributed by atoms with Crippen molar-refractivity contribution in [1.82, 2.24) is 30.7 Å². The minimum Gasteiger partial charge on any atom is -0.378 e. The summed E-state index contributed by atoms with van der Waals surface area (Å²) in [5.74, 6) is -0.113. The second-order valence-electron chi connectivity index (χ2n) is 6.23. The number of amides is 1. The highest BCUT2D eigenvalue weighted by molar-refractivity contribution is 7.98. The van der Waals surface area contributed by atoms with E-state index in [1.165, 1.54) is 22.7 Å². The molecule has 32 heavy (non-hydrogen) atoms. The second-order valence-corrected chi connectivity index (χ2v) is 8.13. The van der Waals surface area contributed by atoms with Gasteiger partial charge in [-0.15, -0.1) is 16.9 Å². The maximum absolute atomic E-state index is 12.8. The summed E-state index contributed by atoms with van der Waals surface area (Å²) in [6.07, 6.45) is 1.44. The van der Waals surface area contributed by atoms with Crippen molar-refractivity contribution >= 4 is 52.9 Å². The minimum atomic E-state index is -0.568. The maximum Gasteiger partial charge on any atom is 0.293 e. The smallest absolute Gasteiger partial charge is 0.293 e. The van der Waals surface area contributed by atoms with Crippen molar-refractivity contribution < 1.29 is 9.42 Å². The normalized spacial score (nSPS) is 11.2. The van der Waals surface area contributed by atoms with Crippen LogP contribution in [-0.2, 0) is 5.75 Å². The molecule has 2 heterocycles. The molecule has 0 saturated heterocycles. The first-order valence-corrected chi connectivity index (χ1v) is 10.8. The first-order valence-electron chi connectivity index (χ1n) is 9.02. The molecule has 1 amide bonds. The lowest BCUT2D eigenvalue weighted by Crippen LogP contribution is -2.20. The van der Waals surface area contributed by atoms with Gasteiger partial charge in [-0.3, -0.25) is 4.79 Å². The van der Waals surface area contributed by atoms with Gasteiger partial charge in [-0.05, 0) is 40.6 Å². The SMILES string of the molecule is Nc1nonc1-n1nnc(C(=O)N/N=C\c2ccccc2Cl)c1CSc1ccc(Cl)cc1. The maximum atomic E-state index is 12.8. The van der Waals surface area contributed by atoms with Crippen molar-refractivity contribution in [1.29, 1.82) is 0 Å². The quantitative estimate of drug-likeness (QED) is 0.228. The molecule has 0 radical (unpaired) electrons. The molecule has 3 N–H and O–H groups in total. The van der Waals surface area contributed by atoms with E-state index in [4.69, 9.17) is 28.9 Å². The zero-order valence-electron chi connectivity index (χ0n) is 16.1. The highest BCUT2D eigenvalue weighted by atomic mass is 35.5. The van der Waals surface area contributed by atoms with Crippen LogP contribution in [0.15, 0.2) is 63.2 Å². The molecular formula is C19H14Cl2N8O2S. The lowest BCUT2D eigenvalue weighted by molar-refractivity contribution is 0.0949. The van der Waals surface area contributed by atoms with Gasteiger partial charge in [-0.2, -0.15) is 9.78 Å². The molecule has 2 aromatic heterocycles. The predicted molar refractivity (Wildman–Crippen MR) is 121 cm³/mol. The summed E-state index contributed by atoms with van der Waals surface area (Å²) >= 11 is 13.5. The summed E-state index contributed by atoms with van der Waals surface area (Å²) in [5, 5.41) is 20.4. The number of anilines is 1. The third-order valence-corrected chi connectivity index (χ3v) is 5.76. The van der Waals surface area contributed by atoms with E-state index in [2.05, 4.69) is 35.8 Å². The summed E-state index contributed by atoms with van der Waals surface area (Å²) in [5.41, 5.74) is 9.35. The van der Waals surface area contributed by atoms with Gasteiger partial charge in [0.1, 0.15) is 0 Å². The predicted octanol–water partition coefficient (Wildman–Crippen LogP) is 3.60. The number of nitrogens with zero attached hydrogens (tertiary/aromatic N) is 6. The van der Waals surface area contributed by atoms with Crippen molar-refractivity contribution in [3.63, 3.8) is 0 Å². The van der Waals surface area contributed by atoms with E-state index in [1.54, 1.807) is 30.3 Å². The Balaban J connectivity index is 1.58. The number of halogens is 2. The number of aromatic nitrogens is 5. The lowest BCUT2D eigenvalue weighted by Gasteiger charge is -2.06. The molecule has 13 heteroatoms. The summed E-state index contributed by atoms with van der Waals surface area (Å²) < 4.78 is 5.96. The number of hydrogen-bond acceptors (Lipinski definition) is 9. The van der Waals surface area contributed by atoms with Crippen LogP contribution in [0.1, 0.15) is 21.7 Å². The number of thioether (sulfide) groups is 1. The summed E-state index contributed by atoms with van der Waals surface area (Å²) in [6, 6.07) is 14.4. The number of nitrogen functional groups attached to an aromatic ring is 1. The fourth-order valence-electron chi connectivity index (χ4n) is 2.59. The van der Waals surface area contributed by atoms with Gasteiger partial charge in [0, 0.05) is 26.3 Å². The Morgan fingerprint density at radius 1 is 1.19 bits per heavy atom. The molecule has 0 aliphatic rings. The minimum absolute atomic E-state index is 0.0105. The van der Waals surface area contributed by atoms with Gasteiger partial charge in [-0.25, -0.2) is 10.1 Å². The summed E-state index contributed by atoms with van der Waals surface area (Å²) in [4.78, 5) is 13.7. The molecule has 0 bridgehead atoms. The van der Waals surface area contributed by atoms with Gasteiger partial charge < -0.3 is 5.73 Å². The van der Waals surface area contributed by atoms with E-state index in [-0.39, 0.29) is 17.3 Å². The van der Waals surface area contributed by atoms with Crippen LogP contribution in [-0.4, -0.2) is 37.4 Å². The van der Waals surface area contributed by atoms with Crippen molar-refractivity contribution in [3.05, 3.63) is 75.5 Å². The van der Waals surface area contributed by atoms with Crippen LogP contribution in [0.4, 0.5) is 5.82 Å². The van der Waals surface area contributed by atoms with E-state index in [0.29, 0.717) is 27.1 Å². The molecule has 0 aliphatic heterocycles. The van der Waals surface area contributed by atoms with Crippen LogP contribution in [0.25, 0.3) is 5.82 Å². The standard InChI is InChI=1S/C19H14Cl2N8O2S/c20-12-5-7-13(8-6-12)32-10-15-16(24-28-29(15)18-17(22)26-31-27-18)19(30)25-23-9-11-3-1-2-4-14(11)21/h1-9H,10H2,(H2,22,26)(H,25,30)/b23-9-. The number of hydrazone groups is 1. The molecule has 4 rings (SSSR count). The number of rotatable bonds is 7. The Hall–Kier alpha value is -3.41. The second kappa shape index (κ2) is 9.81.